The predicted molar refractivity (Wildman–Crippen MR) is 172 cm³/mol. The van der Waals surface area contributed by atoms with E-state index in [-0.39, 0.29) is 42.0 Å². The zero-order valence-corrected chi connectivity index (χ0v) is 28.1. The average Bonchev–Trinajstić information content (AvgIpc) is 3.54. The first-order valence-electron chi connectivity index (χ1n) is 15.0. The molecule has 0 unspecified atom stereocenters. The predicted octanol–water partition coefficient (Wildman–Crippen LogP) is 5.42. The number of hydrogen-bond acceptors (Lipinski definition) is 9. The molecular formula is C33H42N4O8S. The summed E-state index contributed by atoms with van der Waals surface area (Å²) in [5.41, 5.74) is 1.71. The van der Waals surface area contributed by atoms with Gasteiger partial charge < -0.3 is 28.8 Å². The van der Waals surface area contributed by atoms with E-state index in [1.807, 2.05) is 32.0 Å². The van der Waals surface area contributed by atoms with E-state index in [0.29, 0.717) is 46.9 Å². The number of aromatic carboxylic acids is 1. The summed E-state index contributed by atoms with van der Waals surface area (Å²) in [5.74, 6) is 0.00718. The fraction of sp³-hybridized carbons (Fsp3) is 0.424. The molecule has 0 aliphatic carbocycles. The number of aromatic nitrogens is 3. The number of benzene rings is 2. The molecule has 4 aromatic rings. The highest BCUT2D eigenvalue weighted by molar-refractivity contribution is 7.93. The number of rotatable bonds is 15. The van der Waals surface area contributed by atoms with E-state index in [1.165, 1.54) is 27.0 Å². The molecule has 13 heteroatoms. The molecule has 0 atom stereocenters. The van der Waals surface area contributed by atoms with Crippen molar-refractivity contribution in [3.63, 3.8) is 0 Å². The van der Waals surface area contributed by atoms with Gasteiger partial charge in [-0.3, -0.25) is 0 Å². The van der Waals surface area contributed by atoms with Gasteiger partial charge >= 0.3 is 5.97 Å². The third kappa shape index (κ3) is 7.02. The number of ether oxygens (including phenoxy) is 2. The Kier molecular flexibility index (Phi) is 10.7. The van der Waals surface area contributed by atoms with Gasteiger partial charge in [-0.1, -0.05) is 48.5 Å². The van der Waals surface area contributed by atoms with Crippen molar-refractivity contribution < 1.29 is 37.4 Å². The largest absolute Gasteiger partial charge is 0.477 e. The summed E-state index contributed by atoms with van der Waals surface area (Å²) in [4.78, 5) is 17.0. The average molecular weight is 655 g/mol. The normalized spacial score (nSPS) is 12.1. The maximum absolute atomic E-state index is 14.2. The van der Waals surface area contributed by atoms with Crippen molar-refractivity contribution in [1.29, 1.82) is 0 Å². The monoisotopic (exact) mass is 654 g/mol. The summed E-state index contributed by atoms with van der Waals surface area (Å²) in [6, 6.07) is 12.2. The highest BCUT2D eigenvalue weighted by atomic mass is 32.2. The van der Waals surface area contributed by atoms with Crippen LogP contribution in [-0.4, -0.2) is 59.8 Å². The molecule has 0 saturated carbocycles. The molecule has 2 N–H and O–H groups in total. The third-order valence-electron chi connectivity index (χ3n) is 7.63. The first-order valence-corrected chi connectivity index (χ1v) is 16.5. The Hall–Kier alpha value is -4.04. The van der Waals surface area contributed by atoms with Gasteiger partial charge in [0.2, 0.25) is 0 Å². The van der Waals surface area contributed by atoms with Gasteiger partial charge in [0.05, 0.1) is 11.5 Å². The minimum absolute atomic E-state index is 0.0421. The fourth-order valence-corrected chi connectivity index (χ4v) is 6.87. The Morgan fingerprint density at radius 2 is 1.83 bits per heavy atom. The van der Waals surface area contributed by atoms with Crippen LogP contribution in [0.15, 0.2) is 51.9 Å². The summed E-state index contributed by atoms with van der Waals surface area (Å²) < 4.78 is 47.6. The van der Waals surface area contributed by atoms with Crippen LogP contribution in [0.1, 0.15) is 78.6 Å². The quantitative estimate of drug-likeness (QED) is 0.159. The van der Waals surface area contributed by atoms with Gasteiger partial charge in [-0.05, 0) is 63.8 Å². The Morgan fingerprint density at radius 3 is 2.41 bits per heavy atom. The zero-order chi connectivity index (χ0) is 33.8. The first-order chi connectivity index (χ1) is 21.8. The summed E-state index contributed by atoms with van der Waals surface area (Å²) >= 11 is 0. The molecule has 0 fully saturated rings. The molecule has 0 aliphatic heterocycles. The Bertz CT molecular complexity index is 1800. The molecule has 2 aromatic heterocycles. The summed E-state index contributed by atoms with van der Waals surface area (Å²) in [5, 5.41) is 24.9. The molecule has 2 heterocycles. The standard InChI is InChI=1S/C33H42N4O8S/c1-8-12-28-34-30(33(5,6)40)29(32(38)39)36(28)18-23-15-16-25(24(17-23)19-44-9-2)26-13-10-11-14-27(26)46(41,42)37(20-43-7)31-21(3)22(4)45-35-31/h10-11,13-17,40H,8-9,12,18-20H2,1-7H3,(H,38,39). The van der Waals surface area contributed by atoms with Crippen LogP contribution in [-0.2, 0) is 44.7 Å². The molecule has 0 saturated heterocycles. The van der Waals surface area contributed by atoms with Crippen LogP contribution < -0.4 is 4.31 Å². The summed E-state index contributed by atoms with van der Waals surface area (Å²) in [6.45, 7) is 10.8. The number of methoxy groups -OCH3 is 1. The van der Waals surface area contributed by atoms with E-state index in [2.05, 4.69) is 10.1 Å². The Labute approximate surface area is 269 Å². The molecule has 2 aromatic carbocycles. The van der Waals surface area contributed by atoms with Crippen LogP contribution in [0.4, 0.5) is 5.82 Å². The van der Waals surface area contributed by atoms with Crippen LogP contribution in [0.3, 0.4) is 0 Å². The SMILES string of the molecule is CCCc1nc(C(C)(C)O)c(C(=O)O)n1Cc1ccc(-c2ccccc2S(=O)(=O)N(COC)c2noc(C)c2C)c(COCC)c1. The van der Waals surface area contributed by atoms with Crippen LogP contribution in [0.25, 0.3) is 11.1 Å². The topological polar surface area (TPSA) is 157 Å². The summed E-state index contributed by atoms with van der Waals surface area (Å²) in [7, 11) is -2.79. The third-order valence-corrected chi connectivity index (χ3v) is 9.41. The lowest BCUT2D eigenvalue weighted by Crippen LogP contribution is -2.34. The minimum Gasteiger partial charge on any atom is -0.477 e. The van der Waals surface area contributed by atoms with Crippen LogP contribution in [0.5, 0.6) is 0 Å². The molecule has 0 amide bonds. The lowest BCUT2D eigenvalue weighted by molar-refractivity contribution is 0.0602. The van der Waals surface area contributed by atoms with E-state index < -0.39 is 21.6 Å². The number of aliphatic hydroxyl groups is 1. The molecule has 0 spiro atoms. The molecule has 248 valence electrons. The number of carbonyl (C=O) groups is 1. The van der Waals surface area contributed by atoms with Crippen molar-refractivity contribution in [3.05, 3.63) is 82.1 Å². The van der Waals surface area contributed by atoms with E-state index in [1.54, 1.807) is 36.6 Å². The zero-order valence-electron chi connectivity index (χ0n) is 27.3. The van der Waals surface area contributed by atoms with Crippen LogP contribution in [0.2, 0.25) is 0 Å². The van der Waals surface area contributed by atoms with Gasteiger partial charge in [-0.15, -0.1) is 0 Å². The van der Waals surface area contributed by atoms with Gasteiger partial charge in [-0.25, -0.2) is 22.5 Å². The van der Waals surface area contributed by atoms with Crippen molar-refractivity contribution in [2.45, 2.75) is 78.0 Å². The number of anilines is 1. The Morgan fingerprint density at radius 1 is 1.11 bits per heavy atom. The van der Waals surface area contributed by atoms with Gasteiger partial charge in [0.25, 0.3) is 10.0 Å². The van der Waals surface area contributed by atoms with Gasteiger partial charge in [0.15, 0.2) is 11.5 Å². The van der Waals surface area contributed by atoms with Crippen molar-refractivity contribution >= 4 is 21.8 Å². The van der Waals surface area contributed by atoms with E-state index >= 15 is 0 Å². The first kappa shape index (κ1) is 34.8. The second-order valence-corrected chi connectivity index (χ2v) is 13.3. The van der Waals surface area contributed by atoms with Crippen molar-refractivity contribution in [3.8, 4) is 11.1 Å². The number of hydrogen-bond donors (Lipinski definition) is 2. The number of imidazole rings is 1. The van der Waals surface area contributed by atoms with Gasteiger partial charge in [0, 0.05) is 37.8 Å². The molecule has 0 aliphatic rings. The van der Waals surface area contributed by atoms with Crippen molar-refractivity contribution in [1.82, 2.24) is 14.7 Å². The summed E-state index contributed by atoms with van der Waals surface area (Å²) in [6.07, 6.45) is 1.25. The number of carboxylic acid groups (broad SMARTS) is 1. The van der Waals surface area contributed by atoms with Gasteiger partial charge in [-0.2, -0.15) is 0 Å². The fourth-order valence-electron chi connectivity index (χ4n) is 5.28. The van der Waals surface area contributed by atoms with E-state index in [0.717, 1.165) is 16.3 Å². The molecule has 12 nitrogen and oxygen atoms in total. The van der Waals surface area contributed by atoms with E-state index in [4.69, 9.17) is 14.0 Å². The molecule has 0 radical (unpaired) electrons. The highest BCUT2D eigenvalue weighted by Gasteiger charge is 2.33. The smallest absolute Gasteiger partial charge is 0.354 e. The molecular weight excluding hydrogens is 612 g/mol. The highest BCUT2D eigenvalue weighted by Crippen LogP contribution is 2.36. The lowest BCUT2D eigenvalue weighted by Gasteiger charge is -2.23. The van der Waals surface area contributed by atoms with Crippen LogP contribution >= 0.6 is 0 Å². The van der Waals surface area contributed by atoms with Gasteiger partial charge in [0.1, 0.15) is 29.6 Å². The van der Waals surface area contributed by atoms with Crippen molar-refractivity contribution in [2.75, 3.05) is 24.8 Å². The lowest BCUT2D eigenvalue weighted by atomic mass is 9.97. The number of carboxylic acids is 1. The number of aryl methyl sites for hydroxylation is 2. The van der Waals surface area contributed by atoms with E-state index in [9.17, 15) is 23.4 Å². The maximum atomic E-state index is 14.2. The number of nitrogens with zero attached hydrogens (tertiary/aromatic N) is 4. The van der Waals surface area contributed by atoms with Crippen molar-refractivity contribution in [2.24, 2.45) is 0 Å². The molecule has 0 bridgehead atoms. The minimum atomic E-state index is -4.19. The Balaban J connectivity index is 1.86. The molecule has 46 heavy (non-hydrogen) atoms. The van der Waals surface area contributed by atoms with Crippen LogP contribution in [0, 0.1) is 13.8 Å². The molecule has 4 rings (SSSR count). The maximum Gasteiger partial charge on any atom is 0.354 e. The number of sulfonamides is 1. The second kappa shape index (κ2) is 14.2. The second-order valence-electron chi connectivity index (χ2n) is 11.5.